The molecule has 0 saturated carbocycles. The van der Waals surface area contributed by atoms with E-state index in [2.05, 4.69) is 50.2 Å². The summed E-state index contributed by atoms with van der Waals surface area (Å²) in [4.78, 5) is 0. The van der Waals surface area contributed by atoms with E-state index < -0.39 is 0 Å². The van der Waals surface area contributed by atoms with Crippen LogP contribution in [0.2, 0.25) is 0 Å². The molecule has 0 bridgehead atoms. The fourth-order valence-corrected chi connectivity index (χ4v) is 1.86. The first-order chi connectivity index (χ1) is 6.33. The highest BCUT2D eigenvalue weighted by atomic mass is 14.0. The van der Waals surface area contributed by atoms with Crippen LogP contribution in [-0.4, -0.2) is 0 Å². The van der Waals surface area contributed by atoms with E-state index in [1.54, 1.807) is 0 Å². The van der Waals surface area contributed by atoms with Gasteiger partial charge in [-0.15, -0.1) is 0 Å². The van der Waals surface area contributed by atoms with Gasteiger partial charge in [-0.1, -0.05) is 50.7 Å². The third-order valence-corrected chi connectivity index (χ3v) is 2.69. The smallest absolute Gasteiger partial charge is 0.0152 e. The minimum atomic E-state index is 0. The second kappa shape index (κ2) is 4.28. The molecular weight excluding hydrogens is 168 g/mol. The van der Waals surface area contributed by atoms with Crippen molar-refractivity contribution in [2.45, 2.75) is 27.7 Å². The zero-order valence-electron chi connectivity index (χ0n) is 8.17. The van der Waals surface area contributed by atoms with Gasteiger partial charge in [0.15, 0.2) is 0 Å². The highest BCUT2D eigenvalue weighted by molar-refractivity contribution is 5.86. The van der Waals surface area contributed by atoms with E-state index in [-0.39, 0.29) is 7.43 Å². The molecule has 2 aromatic carbocycles. The van der Waals surface area contributed by atoms with E-state index in [0.717, 1.165) is 6.42 Å². The van der Waals surface area contributed by atoms with Crippen molar-refractivity contribution in [3.63, 3.8) is 0 Å². The van der Waals surface area contributed by atoms with Gasteiger partial charge in [-0.05, 0) is 35.2 Å². The number of benzene rings is 2. The maximum absolute atomic E-state index is 2.23. The maximum Gasteiger partial charge on any atom is -0.0152 e. The molecule has 0 nitrogen and oxygen atoms in total. The number of hydrogen-bond donors (Lipinski definition) is 0. The van der Waals surface area contributed by atoms with Crippen molar-refractivity contribution in [1.29, 1.82) is 0 Å². The Kier molecular flexibility index (Phi) is 3.29. The van der Waals surface area contributed by atoms with Gasteiger partial charge in [0.05, 0.1) is 0 Å². The molecule has 2 aromatic rings. The molecule has 74 valence electrons. The zero-order chi connectivity index (χ0) is 9.26. The standard InChI is InChI=1S/C13H14.CH4/c1-3-11-8-9-12-6-4-5-7-13(12)10(11)2;/h4-9H,3H2,1-2H3;1H4. The summed E-state index contributed by atoms with van der Waals surface area (Å²) in [6, 6.07) is 13.0. The average Bonchev–Trinajstić information content (AvgIpc) is 2.19. The molecule has 0 atom stereocenters. The number of aryl methyl sites for hydroxylation is 2. The van der Waals surface area contributed by atoms with Crippen LogP contribution < -0.4 is 0 Å². The lowest BCUT2D eigenvalue weighted by atomic mass is 9.99. The van der Waals surface area contributed by atoms with Crippen LogP contribution in [0.25, 0.3) is 10.8 Å². The third-order valence-electron chi connectivity index (χ3n) is 2.69. The van der Waals surface area contributed by atoms with Gasteiger partial charge >= 0.3 is 0 Å². The Bertz CT molecular complexity index is 427. The second-order valence-corrected chi connectivity index (χ2v) is 3.42. The molecule has 0 radical (unpaired) electrons. The largest absolute Gasteiger partial charge is 0.0776 e. The first-order valence-corrected chi connectivity index (χ1v) is 4.80. The minimum Gasteiger partial charge on any atom is -0.0776 e. The lowest BCUT2D eigenvalue weighted by Crippen LogP contribution is -1.87. The summed E-state index contributed by atoms with van der Waals surface area (Å²) < 4.78 is 0. The zero-order valence-corrected chi connectivity index (χ0v) is 8.17. The summed E-state index contributed by atoms with van der Waals surface area (Å²) in [5.41, 5.74) is 2.89. The molecule has 0 spiro atoms. The van der Waals surface area contributed by atoms with Gasteiger partial charge < -0.3 is 0 Å². The van der Waals surface area contributed by atoms with Gasteiger partial charge in [-0.3, -0.25) is 0 Å². The Morgan fingerprint density at radius 2 is 1.71 bits per heavy atom. The summed E-state index contributed by atoms with van der Waals surface area (Å²) in [5, 5.41) is 2.74. The van der Waals surface area contributed by atoms with E-state index in [0.29, 0.717) is 0 Å². The molecule has 0 unspecified atom stereocenters. The predicted molar refractivity (Wildman–Crippen MR) is 64.8 cm³/mol. The Morgan fingerprint density at radius 1 is 1.00 bits per heavy atom. The van der Waals surface area contributed by atoms with Gasteiger partial charge in [0, 0.05) is 0 Å². The van der Waals surface area contributed by atoms with Crippen molar-refractivity contribution in [2.75, 3.05) is 0 Å². The number of rotatable bonds is 1. The molecule has 0 saturated heterocycles. The van der Waals surface area contributed by atoms with Crippen LogP contribution in [0.3, 0.4) is 0 Å². The summed E-state index contributed by atoms with van der Waals surface area (Å²) in [6.07, 6.45) is 1.12. The molecule has 0 N–H and O–H groups in total. The first kappa shape index (κ1) is 10.8. The Balaban J connectivity index is 0.000000980. The molecule has 0 aliphatic rings. The predicted octanol–water partition coefficient (Wildman–Crippen LogP) is 4.35. The van der Waals surface area contributed by atoms with E-state index in [1.807, 2.05) is 0 Å². The number of fused-ring (bicyclic) bond motifs is 1. The van der Waals surface area contributed by atoms with E-state index in [9.17, 15) is 0 Å². The summed E-state index contributed by atoms with van der Waals surface area (Å²) in [5.74, 6) is 0. The molecule has 14 heavy (non-hydrogen) atoms. The highest BCUT2D eigenvalue weighted by Gasteiger charge is 1.99. The molecule has 2 rings (SSSR count). The monoisotopic (exact) mass is 186 g/mol. The normalized spacial score (nSPS) is 9.86. The summed E-state index contributed by atoms with van der Waals surface area (Å²) in [7, 11) is 0. The van der Waals surface area contributed by atoms with Crippen LogP contribution in [-0.2, 0) is 6.42 Å². The summed E-state index contributed by atoms with van der Waals surface area (Å²) >= 11 is 0. The molecule has 0 heterocycles. The third kappa shape index (κ3) is 1.65. The molecule has 0 heteroatoms. The van der Waals surface area contributed by atoms with E-state index >= 15 is 0 Å². The van der Waals surface area contributed by atoms with Crippen LogP contribution >= 0.6 is 0 Å². The van der Waals surface area contributed by atoms with Gasteiger partial charge in [-0.25, -0.2) is 0 Å². The fourth-order valence-electron chi connectivity index (χ4n) is 1.86. The van der Waals surface area contributed by atoms with E-state index in [1.165, 1.54) is 21.9 Å². The molecule has 0 aliphatic heterocycles. The Labute approximate surface area is 86.6 Å². The van der Waals surface area contributed by atoms with Crippen molar-refractivity contribution in [2.24, 2.45) is 0 Å². The molecular formula is C14H18. The van der Waals surface area contributed by atoms with Gasteiger partial charge in [0.1, 0.15) is 0 Å². The van der Waals surface area contributed by atoms with Crippen LogP contribution in [0.5, 0.6) is 0 Å². The first-order valence-electron chi connectivity index (χ1n) is 4.80. The van der Waals surface area contributed by atoms with Crippen molar-refractivity contribution in [3.8, 4) is 0 Å². The lowest BCUT2D eigenvalue weighted by Gasteiger charge is -2.06. The van der Waals surface area contributed by atoms with Crippen LogP contribution in [0.4, 0.5) is 0 Å². The minimum absolute atomic E-state index is 0. The maximum atomic E-state index is 2.23. The van der Waals surface area contributed by atoms with E-state index in [4.69, 9.17) is 0 Å². The Hall–Kier alpha value is -1.30. The van der Waals surface area contributed by atoms with Crippen LogP contribution in [0.15, 0.2) is 36.4 Å². The molecule has 0 aliphatic carbocycles. The van der Waals surface area contributed by atoms with Crippen molar-refractivity contribution < 1.29 is 0 Å². The molecule has 0 aromatic heterocycles. The van der Waals surface area contributed by atoms with Crippen molar-refractivity contribution in [1.82, 2.24) is 0 Å². The topological polar surface area (TPSA) is 0 Å². The quantitative estimate of drug-likeness (QED) is 0.621. The second-order valence-electron chi connectivity index (χ2n) is 3.42. The summed E-state index contributed by atoms with van der Waals surface area (Å²) in [6.45, 7) is 4.41. The van der Waals surface area contributed by atoms with Gasteiger partial charge in [0.2, 0.25) is 0 Å². The van der Waals surface area contributed by atoms with Gasteiger partial charge in [0.25, 0.3) is 0 Å². The molecule has 0 fully saturated rings. The lowest BCUT2D eigenvalue weighted by molar-refractivity contribution is 1.12. The number of hydrogen-bond acceptors (Lipinski definition) is 0. The van der Waals surface area contributed by atoms with Crippen LogP contribution in [0, 0.1) is 6.92 Å². The average molecular weight is 186 g/mol. The molecule has 0 amide bonds. The van der Waals surface area contributed by atoms with Crippen molar-refractivity contribution in [3.05, 3.63) is 47.5 Å². The SMILES string of the molecule is C.CCc1ccc2ccccc2c1C. The highest BCUT2D eigenvalue weighted by Crippen LogP contribution is 2.21. The fraction of sp³-hybridized carbons (Fsp3) is 0.286. The van der Waals surface area contributed by atoms with Crippen LogP contribution in [0.1, 0.15) is 25.5 Å². The Morgan fingerprint density at radius 3 is 2.43 bits per heavy atom. The van der Waals surface area contributed by atoms with Crippen molar-refractivity contribution >= 4 is 10.8 Å². The van der Waals surface area contributed by atoms with Gasteiger partial charge in [-0.2, -0.15) is 0 Å².